The number of aryl methyl sites for hydroxylation is 1. The molecular formula is C30H27N3O5. The highest BCUT2D eigenvalue weighted by Gasteiger charge is 2.18. The standard InChI is InChI=1S/C30H27N3O5/c1-22-13-14-24(21-28(22)33(36)37)29(34)31-19-8-20-32(30(35)23-9-4-2-5-10-23)25-15-17-27(18-16-25)38-26-11-6-3-7-12-26/h2-7,9-18,21H,8,19-20H2,1H3,(H,31,34). The first-order chi connectivity index (χ1) is 18.4. The van der Waals surface area contributed by atoms with Crippen molar-refractivity contribution in [3.63, 3.8) is 0 Å². The molecule has 4 aromatic rings. The molecule has 0 fully saturated rings. The minimum Gasteiger partial charge on any atom is -0.457 e. The van der Waals surface area contributed by atoms with Crippen LogP contribution < -0.4 is 15.0 Å². The van der Waals surface area contributed by atoms with Crippen LogP contribution in [0.2, 0.25) is 0 Å². The number of nitrogens with zero attached hydrogens (tertiary/aromatic N) is 2. The van der Waals surface area contributed by atoms with Crippen molar-refractivity contribution in [2.75, 3.05) is 18.0 Å². The van der Waals surface area contributed by atoms with Crippen LogP contribution in [0.5, 0.6) is 11.5 Å². The first-order valence-electron chi connectivity index (χ1n) is 12.2. The van der Waals surface area contributed by atoms with Crippen LogP contribution in [-0.2, 0) is 0 Å². The van der Waals surface area contributed by atoms with Gasteiger partial charge in [-0.1, -0.05) is 42.5 Å². The van der Waals surface area contributed by atoms with E-state index in [2.05, 4.69) is 5.32 Å². The minimum atomic E-state index is -0.505. The van der Waals surface area contributed by atoms with E-state index in [0.29, 0.717) is 41.3 Å². The van der Waals surface area contributed by atoms with E-state index < -0.39 is 10.8 Å². The molecule has 4 rings (SSSR count). The first-order valence-corrected chi connectivity index (χ1v) is 12.2. The van der Waals surface area contributed by atoms with Gasteiger partial charge in [0.25, 0.3) is 17.5 Å². The van der Waals surface area contributed by atoms with E-state index in [1.165, 1.54) is 6.07 Å². The molecule has 0 aliphatic carbocycles. The average Bonchev–Trinajstić information content (AvgIpc) is 2.94. The predicted molar refractivity (Wildman–Crippen MR) is 146 cm³/mol. The molecule has 8 heteroatoms. The molecule has 0 aliphatic heterocycles. The van der Waals surface area contributed by atoms with Gasteiger partial charge in [0.05, 0.1) is 4.92 Å². The van der Waals surface area contributed by atoms with E-state index >= 15 is 0 Å². The third-order valence-electron chi connectivity index (χ3n) is 5.91. The first kappa shape index (κ1) is 26.1. The van der Waals surface area contributed by atoms with E-state index in [4.69, 9.17) is 4.74 Å². The van der Waals surface area contributed by atoms with Gasteiger partial charge in [-0.25, -0.2) is 0 Å². The summed E-state index contributed by atoms with van der Waals surface area (Å²) >= 11 is 0. The van der Waals surface area contributed by atoms with Crippen LogP contribution in [0, 0.1) is 17.0 Å². The van der Waals surface area contributed by atoms with Crippen molar-refractivity contribution < 1.29 is 19.2 Å². The maximum atomic E-state index is 13.3. The maximum absolute atomic E-state index is 13.3. The number of rotatable bonds is 10. The number of carbonyl (C=O) groups is 2. The number of para-hydroxylation sites is 1. The van der Waals surface area contributed by atoms with E-state index in [0.717, 1.165) is 0 Å². The highest BCUT2D eigenvalue weighted by atomic mass is 16.6. The Morgan fingerprint density at radius 3 is 2.13 bits per heavy atom. The van der Waals surface area contributed by atoms with Crippen molar-refractivity contribution in [2.45, 2.75) is 13.3 Å². The van der Waals surface area contributed by atoms with E-state index in [1.54, 1.807) is 48.2 Å². The normalized spacial score (nSPS) is 10.4. The second-order valence-corrected chi connectivity index (χ2v) is 8.60. The highest BCUT2D eigenvalue weighted by molar-refractivity contribution is 6.06. The fourth-order valence-corrected chi connectivity index (χ4v) is 3.89. The van der Waals surface area contributed by atoms with Gasteiger partial charge in [-0.2, -0.15) is 0 Å². The number of hydrogen-bond acceptors (Lipinski definition) is 5. The molecule has 0 unspecified atom stereocenters. The van der Waals surface area contributed by atoms with Crippen LogP contribution in [-0.4, -0.2) is 29.8 Å². The Balaban J connectivity index is 1.43. The molecule has 2 amide bonds. The number of nitrogens with one attached hydrogen (secondary N) is 1. The van der Waals surface area contributed by atoms with Crippen molar-refractivity contribution in [1.29, 1.82) is 0 Å². The minimum absolute atomic E-state index is 0.100. The molecule has 0 saturated heterocycles. The molecule has 0 heterocycles. The summed E-state index contributed by atoms with van der Waals surface area (Å²) in [6, 6.07) is 30.0. The lowest BCUT2D eigenvalue weighted by Crippen LogP contribution is -2.34. The van der Waals surface area contributed by atoms with Gasteiger partial charge in [0.1, 0.15) is 11.5 Å². The summed E-state index contributed by atoms with van der Waals surface area (Å²) in [5.41, 5.74) is 1.85. The van der Waals surface area contributed by atoms with Gasteiger partial charge in [-0.05, 0) is 67.9 Å². The topological polar surface area (TPSA) is 102 Å². The van der Waals surface area contributed by atoms with Crippen LogP contribution in [0.3, 0.4) is 0 Å². The number of nitro groups is 1. The van der Waals surface area contributed by atoms with Gasteiger partial charge in [-0.15, -0.1) is 0 Å². The van der Waals surface area contributed by atoms with Gasteiger partial charge in [0.2, 0.25) is 0 Å². The van der Waals surface area contributed by atoms with Crippen molar-refractivity contribution in [3.8, 4) is 11.5 Å². The molecule has 0 aromatic heterocycles. The zero-order valence-corrected chi connectivity index (χ0v) is 20.9. The molecule has 192 valence electrons. The number of anilines is 1. The Morgan fingerprint density at radius 2 is 1.47 bits per heavy atom. The van der Waals surface area contributed by atoms with Gasteiger partial charge in [0.15, 0.2) is 0 Å². The van der Waals surface area contributed by atoms with Crippen LogP contribution >= 0.6 is 0 Å². The molecule has 0 atom stereocenters. The number of hydrogen-bond donors (Lipinski definition) is 1. The quantitative estimate of drug-likeness (QED) is 0.157. The number of amides is 2. The smallest absolute Gasteiger partial charge is 0.273 e. The van der Waals surface area contributed by atoms with Crippen molar-refractivity contribution in [1.82, 2.24) is 5.32 Å². The summed E-state index contributed by atoms with van der Waals surface area (Å²) in [7, 11) is 0. The second-order valence-electron chi connectivity index (χ2n) is 8.60. The molecule has 0 aliphatic rings. The average molecular weight is 510 g/mol. The summed E-state index contributed by atoms with van der Waals surface area (Å²) in [6.07, 6.45) is 0.473. The fourth-order valence-electron chi connectivity index (χ4n) is 3.89. The molecule has 8 nitrogen and oxygen atoms in total. The molecule has 0 saturated carbocycles. The van der Waals surface area contributed by atoms with Crippen LogP contribution in [0.1, 0.15) is 32.7 Å². The van der Waals surface area contributed by atoms with Gasteiger partial charge < -0.3 is 15.0 Å². The molecule has 1 N–H and O–H groups in total. The molecule has 0 radical (unpaired) electrons. The van der Waals surface area contributed by atoms with Crippen molar-refractivity contribution in [3.05, 3.63) is 130 Å². The summed E-state index contributed by atoms with van der Waals surface area (Å²) in [6.45, 7) is 2.26. The number of carbonyl (C=O) groups excluding carboxylic acids is 2. The third kappa shape index (κ3) is 6.61. The SMILES string of the molecule is Cc1ccc(C(=O)NCCCN(C(=O)c2ccccc2)c2ccc(Oc3ccccc3)cc2)cc1[N+](=O)[O-]. The Labute approximate surface area is 220 Å². The summed E-state index contributed by atoms with van der Waals surface area (Å²) in [5.74, 6) is 0.790. The summed E-state index contributed by atoms with van der Waals surface area (Å²) in [4.78, 5) is 38.2. The highest BCUT2D eigenvalue weighted by Crippen LogP contribution is 2.25. The second kappa shape index (κ2) is 12.3. The molecule has 0 spiro atoms. The fraction of sp³-hybridized carbons (Fsp3) is 0.133. The third-order valence-corrected chi connectivity index (χ3v) is 5.91. The van der Waals surface area contributed by atoms with Gasteiger partial charge in [-0.3, -0.25) is 19.7 Å². The van der Waals surface area contributed by atoms with Crippen LogP contribution in [0.4, 0.5) is 11.4 Å². The van der Waals surface area contributed by atoms with E-state index in [1.807, 2.05) is 60.7 Å². The zero-order chi connectivity index (χ0) is 26.9. The summed E-state index contributed by atoms with van der Waals surface area (Å²) in [5, 5.41) is 14.0. The number of benzene rings is 4. The van der Waals surface area contributed by atoms with E-state index in [9.17, 15) is 19.7 Å². The molecular weight excluding hydrogens is 482 g/mol. The Morgan fingerprint density at radius 1 is 0.842 bits per heavy atom. The summed E-state index contributed by atoms with van der Waals surface area (Å²) < 4.78 is 5.86. The van der Waals surface area contributed by atoms with Gasteiger partial charge >= 0.3 is 0 Å². The van der Waals surface area contributed by atoms with Crippen molar-refractivity contribution in [2.24, 2.45) is 0 Å². The van der Waals surface area contributed by atoms with Gasteiger partial charge in [0, 0.05) is 41.5 Å². The maximum Gasteiger partial charge on any atom is 0.273 e. The predicted octanol–water partition coefficient (Wildman–Crippen LogP) is 6.16. The number of nitro benzene ring substituents is 1. The monoisotopic (exact) mass is 509 g/mol. The zero-order valence-electron chi connectivity index (χ0n) is 20.9. The lowest BCUT2D eigenvalue weighted by atomic mass is 10.1. The molecule has 0 bridgehead atoms. The number of ether oxygens (including phenoxy) is 1. The molecule has 38 heavy (non-hydrogen) atoms. The Hall–Kier alpha value is -4.98. The lowest BCUT2D eigenvalue weighted by molar-refractivity contribution is -0.385. The van der Waals surface area contributed by atoms with Crippen LogP contribution in [0.15, 0.2) is 103 Å². The van der Waals surface area contributed by atoms with E-state index in [-0.39, 0.29) is 23.7 Å². The largest absolute Gasteiger partial charge is 0.457 e. The molecule has 4 aromatic carbocycles. The van der Waals surface area contributed by atoms with Crippen LogP contribution in [0.25, 0.3) is 0 Å². The Bertz CT molecular complexity index is 1410. The lowest BCUT2D eigenvalue weighted by Gasteiger charge is -2.23. The Kier molecular flexibility index (Phi) is 8.46. The van der Waals surface area contributed by atoms with Crippen molar-refractivity contribution >= 4 is 23.2 Å².